The summed E-state index contributed by atoms with van der Waals surface area (Å²) in [7, 11) is 0. The third-order valence-corrected chi connectivity index (χ3v) is 0.879. The average molecular weight is 125 g/mol. The largest absolute Gasteiger partial charge is 0.327 e. The predicted molar refractivity (Wildman–Crippen MR) is 42.2 cm³/mol. The van der Waals surface area contributed by atoms with Crippen LogP contribution in [-0.2, 0) is 0 Å². The van der Waals surface area contributed by atoms with E-state index < -0.39 is 0 Å². The summed E-state index contributed by atoms with van der Waals surface area (Å²) in [6.07, 6.45) is 8.06. The van der Waals surface area contributed by atoms with E-state index in [9.17, 15) is 0 Å². The van der Waals surface area contributed by atoms with E-state index in [1.807, 2.05) is 18.2 Å². The molecule has 0 unspecified atom stereocenters. The van der Waals surface area contributed by atoms with E-state index in [-0.39, 0.29) is 0 Å². The Morgan fingerprint density at radius 1 is 1.33 bits per heavy atom. The lowest BCUT2D eigenvalue weighted by molar-refractivity contribution is 0.832. The maximum atomic E-state index is 5.22. The zero-order chi connectivity index (χ0) is 7.11. The van der Waals surface area contributed by atoms with Crippen molar-refractivity contribution < 1.29 is 0 Å². The zero-order valence-electron chi connectivity index (χ0n) is 6.17. The highest BCUT2D eigenvalue weighted by Gasteiger charge is 1.78. The Hall–Kier alpha value is -0.560. The molecule has 0 heterocycles. The molecule has 1 heteroatoms. The Bertz CT molecular complexity index is 101. The van der Waals surface area contributed by atoms with Crippen LogP contribution in [0.1, 0.15) is 13.8 Å². The predicted octanol–water partition coefficient (Wildman–Crippen LogP) is 1.71. The van der Waals surface area contributed by atoms with Gasteiger partial charge < -0.3 is 5.73 Å². The highest BCUT2D eigenvalue weighted by Crippen LogP contribution is 1.92. The first-order valence-corrected chi connectivity index (χ1v) is 3.30. The van der Waals surface area contributed by atoms with Crippen molar-refractivity contribution in [2.45, 2.75) is 13.8 Å². The molecular weight excluding hydrogens is 110 g/mol. The summed E-state index contributed by atoms with van der Waals surface area (Å²) >= 11 is 0. The van der Waals surface area contributed by atoms with E-state index in [2.05, 4.69) is 19.9 Å². The van der Waals surface area contributed by atoms with Crippen LogP contribution in [0, 0.1) is 5.92 Å². The van der Waals surface area contributed by atoms with Gasteiger partial charge in [-0.25, -0.2) is 0 Å². The van der Waals surface area contributed by atoms with Gasteiger partial charge in [0.1, 0.15) is 0 Å². The third kappa shape index (κ3) is 7.44. The van der Waals surface area contributed by atoms with Gasteiger partial charge in [-0.15, -0.1) is 0 Å². The van der Waals surface area contributed by atoms with Gasteiger partial charge in [-0.3, -0.25) is 0 Å². The average Bonchev–Trinajstić information content (AvgIpc) is 1.80. The first-order chi connectivity index (χ1) is 4.27. The van der Waals surface area contributed by atoms with Crippen LogP contribution in [0.5, 0.6) is 0 Å². The smallest absolute Gasteiger partial charge is 0.0109 e. The molecule has 0 saturated carbocycles. The van der Waals surface area contributed by atoms with E-state index in [1.54, 1.807) is 0 Å². The fourth-order valence-electron chi connectivity index (χ4n) is 0.444. The summed E-state index contributed by atoms with van der Waals surface area (Å²) in [6, 6.07) is 0. The maximum Gasteiger partial charge on any atom is 0.0109 e. The molecular formula is C8H15N. The second-order valence-electron chi connectivity index (χ2n) is 2.29. The minimum Gasteiger partial charge on any atom is -0.327 e. The Labute approximate surface area is 57.3 Å². The molecule has 0 aliphatic rings. The highest BCUT2D eigenvalue weighted by molar-refractivity contribution is 5.03. The van der Waals surface area contributed by atoms with Crippen LogP contribution in [0.15, 0.2) is 24.3 Å². The summed E-state index contributed by atoms with van der Waals surface area (Å²) in [5.74, 6) is 0.632. The van der Waals surface area contributed by atoms with Gasteiger partial charge >= 0.3 is 0 Å². The molecule has 0 spiro atoms. The molecule has 0 bridgehead atoms. The minimum atomic E-state index is 0.627. The van der Waals surface area contributed by atoms with E-state index in [0.717, 1.165) is 0 Å². The van der Waals surface area contributed by atoms with Crippen LogP contribution in [0.4, 0.5) is 0 Å². The number of rotatable bonds is 3. The summed E-state index contributed by atoms with van der Waals surface area (Å²) in [5, 5.41) is 0. The van der Waals surface area contributed by atoms with Gasteiger partial charge in [-0.2, -0.15) is 0 Å². The SMILES string of the molecule is CC(C)/C=C\C=C/CN. The van der Waals surface area contributed by atoms with Crippen LogP contribution in [0.3, 0.4) is 0 Å². The second kappa shape index (κ2) is 5.57. The Morgan fingerprint density at radius 2 is 2.00 bits per heavy atom. The fourth-order valence-corrected chi connectivity index (χ4v) is 0.444. The third-order valence-electron chi connectivity index (χ3n) is 0.879. The maximum absolute atomic E-state index is 5.22. The molecule has 0 atom stereocenters. The number of allylic oxidation sites excluding steroid dienone is 3. The van der Waals surface area contributed by atoms with Crippen LogP contribution in [0.2, 0.25) is 0 Å². The number of hydrogen-bond donors (Lipinski definition) is 1. The van der Waals surface area contributed by atoms with Gasteiger partial charge in [0.25, 0.3) is 0 Å². The quantitative estimate of drug-likeness (QED) is 0.571. The number of hydrogen-bond acceptors (Lipinski definition) is 1. The van der Waals surface area contributed by atoms with Gasteiger partial charge in [0.2, 0.25) is 0 Å². The van der Waals surface area contributed by atoms with E-state index >= 15 is 0 Å². The van der Waals surface area contributed by atoms with Crippen LogP contribution < -0.4 is 5.73 Å². The van der Waals surface area contributed by atoms with Crippen LogP contribution >= 0.6 is 0 Å². The van der Waals surface area contributed by atoms with Crippen molar-refractivity contribution in [1.29, 1.82) is 0 Å². The number of nitrogens with two attached hydrogens (primary N) is 1. The van der Waals surface area contributed by atoms with Crippen molar-refractivity contribution in [2.24, 2.45) is 11.7 Å². The van der Waals surface area contributed by atoms with Gasteiger partial charge in [-0.05, 0) is 5.92 Å². The van der Waals surface area contributed by atoms with E-state index in [1.165, 1.54) is 0 Å². The molecule has 0 amide bonds. The lowest BCUT2D eigenvalue weighted by Gasteiger charge is -1.88. The molecule has 9 heavy (non-hydrogen) atoms. The molecule has 0 rings (SSSR count). The van der Waals surface area contributed by atoms with Crippen molar-refractivity contribution in [3.05, 3.63) is 24.3 Å². The van der Waals surface area contributed by atoms with Crippen molar-refractivity contribution in [1.82, 2.24) is 0 Å². The van der Waals surface area contributed by atoms with Crippen LogP contribution in [-0.4, -0.2) is 6.54 Å². The molecule has 2 N–H and O–H groups in total. The van der Waals surface area contributed by atoms with Gasteiger partial charge in [-0.1, -0.05) is 38.2 Å². The highest BCUT2D eigenvalue weighted by atomic mass is 14.5. The Morgan fingerprint density at radius 3 is 2.44 bits per heavy atom. The molecule has 0 aromatic carbocycles. The van der Waals surface area contributed by atoms with Crippen molar-refractivity contribution in [3.63, 3.8) is 0 Å². The normalized spacial score (nSPS) is 12.4. The molecule has 0 aromatic heterocycles. The standard InChI is InChI=1S/C8H15N/c1-8(2)6-4-3-5-7-9/h3-6,8H,7,9H2,1-2H3/b5-3-,6-4-. The summed E-state index contributed by atoms with van der Waals surface area (Å²) in [6.45, 7) is 4.92. The molecule has 0 aromatic rings. The van der Waals surface area contributed by atoms with Crippen LogP contribution in [0.25, 0.3) is 0 Å². The fraction of sp³-hybridized carbons (Fsp3) is 0.500. The van der Waals surface area contributed by atoms with Gasteiger partial charge in [0.05, 0.1) is 0 Å². The molecule has 1 nitrogen and oxygen atoms in total. The second-order valence-corrected chi connectivity index (χ2v) is 2.29. The van der Waals surface area contributed by atoms with E-state index in [0.29, 0.717) is 12.5 Å². The van der Waals surface area contributed by atoms with E-state index in [4.69, 9.17) is 5.73 Å². The van der Waals surface area contributed by atoms with Crippen molar-refractivity contribution >= 4 is 0 Å². The van der Waals surface area contributed by atoms with Crippen molar-refractivity contribution in [2.75, 3.05) is 6.54 Å². The minimum absolute atomic E-state index is 0.627. The molecule has 52 valence electrons. The van der Waals surface area contributed by atoms with Crippen molar-refractivity contribution in [3.8, 4) is 0 Å². The lowest BCUT2D eigenvalue weighted by Crippen LogP contribution is -1.91. The Kier molecular flexibility index (Phi) is 5.23. The molecule has 0 aliphatic carbocycles. The summed E-state index contributed by atoms with van der Waals surface area (Å²) in [5.41, 5.74) is 5.22. The summed E-state index contributed by atoms with van der Waals surface area (Å²) in [4.78, 5) is 0. The monoisotopic (exact) mass is 125 g/mol. The topological polar surface area (TPSA) is 26.0 Å². The lowest BCUT2D eigenvalue weighted by atomic mass is 10.2. The molecule has 0 fully saturated rings. The van der Waals surface area contributed by atoms with Gasteiger partial charge in [0, 0.05) is 6.54 Å². The molecule has 0 radical (unpaired) electrons. The van der Waals surface area contributed by atoms with Gasteiger partial charge in [0.15, 0.2) is 0 Å². The first kappa shape index (κ1) is 8.44. The molecule has 0 aliphatic heterocycles. The summed E-state index contributed by atoms with van der Waals surface area (Å²) < 4.78 is 0. The zero-order valence-corrected chi connectivity index (χ0v) is 6.17. The first-order valence-electron chi connectivity index (χ1n) is 3.30. The molecule has 0 saturated heterocycles. The Balaban J connectivity index is 3.35.